The van der Waals surface area contributed by atoms with Crippen molar-refractivity contribution < 1.29 is 20.8 Å². The van der Waals surface area contributed by atoms with Gasteiger partial charge in [0.1, 0.15) is 11.6 Å². The first kappa shape index (κ1) is 14.8. The van der Waals surface area contributed by atoms with E-state index < -0.39 is 23.7 Å². The van der Waals surface area contributed by atoms with Crippen molar-refractivity contribution in [2.75, 3.05) is 0 Å². The molecule has 0 radical (unpaired) electrons. The van der Waals surface area contributed by atoms with E-state index in [1.54, 1.807) is 32.0 Å². The summed E-state index contributed by atoms with van der Waals surface area (Å²) in [5.74, 6) is -1.15. The summed E-state index contributed by atoms with van der Waals surface area (Å²) in [7, 11) is 0. The van der Waals surface area contributed by atoms with Crippen LogP contribution in [0.2, 0.25) is 0 Å². The molecule has 1 aromatic carbocycles. The molecule has 0 aliphatic carbocycles. The van der Waals surface area contributed by atoms with Crippen LogP contribution < -0.4 is 5.32 Å². The average Bonchev–Trinajstić information content (AvgIpc) is 2.39. The van der Waals surface area contributed by atoms with E-state index in [1.165, 1.54) is 0 Å². The predicted octanol–water partition coefficient (Wildman–Crippen LogP) is 2.97. The van der Waals surface area contributed by atoms with Crippen molar-refractivity contribution in [3.05, 3.63) is 34.3 Å². The topological polar surface area (TPSA) is 75.6 Å². The van der Waals surface area contributed by atoms with E-state index >= 15 is 0 Å². The maximum atomic E-state index is 11.7. The number of carboxylic acids is 1. The summed E-state index contributed by atoms with van der Waals surface area (Å²) >= 11 is 3.34. The Morgan fingerprint density at radius 2 is 2.15 bits per heavy atom. The summed E-state index contributed by atoms with van der Waals surface area (Å²) in [4.78, 5) is 23.0. The molecule has 0 saturated heterocycles. The minimum absolute atomic E-state index is 0.109. The van der Waals surface area contributed by atoms with Crippen LogP contribution >= 0.6 is 15.9 Å². The van der Waals surface area contributed by atoms with Crippen molar-refractivity contribution in [3.8, 4) is 0 Å². The zero-order valence-electron chi connectivity index (χ0n) is 12.4. The molecule has 0 aromatic heterocycles. The van der Waals surface area contributed by atoms with Gasteiger partial charge >= 0.3 is 12.1 Å². The van der Waals surface area contributed by atoms with Crippen molar-refractivity contribution in [1.29, 1.82) is 0 Å². The fourth-order valence-electron chi connectivity index (χ4n) is 1.51. The van der Waals surface area contributed by atoms with Crippen molar-refractivity contribution in [1.82, 2.24) is 5.32 Å². The van der Waals surface area contributed by atoms with E-state index in [2.05, 4.69) is 21.2 Å². The lowest BCUT2D eigenvalue weighted by Crippen LogP contribution is -2.44. The van der Waals surface area contributed by atoms with Gasteiger partial charge in [0.2, 0.25) is 0 Å². The number of benzene rings is 1. The lowest BCUT2D eigenvalue weighted by atomic mass is 10.1. The van der Waals surface area contributed by atoms with Crippen molar-refractivity contribution >= 4 is 28.0 Å². The first-order valence-electron chi connectivity index (χ1n) is 6.71. The number of carbonyl (C=O) groups is 2. The largest absolute Gasteiger partial charge is 0.480 e. The fraction of sp³-hybridized carbons (Fsp3) is 0.429. The highest BCUT2D eigenvalue weighted by Crippen LogP contribution is 2.18. The van der Waals surface area contributed by atoms with Crippen LogP contribution in [0.15, 0.2) is 28.7 Å². The van der Waals surface area contributed by atoms with Crippen molar-refractivity contribution in [2.45, 2.75) is 38.8 Å². The molecule has 0 spiro atoms. The van der Waals surface area contributed by atoms with E-state index in [9.17, 15) is 14.7 Å². The first-order valence-corrected chi connectivity index (χ1v) is 6.79. The lowest BCUT2D eigenvalue weighted by Gasteiger charge is -2.22. The number of carbonyl (C=O) groups excluding carboxylic acids is 1. The van der Waals surface area contributed by atoms with Crippen LogP contribution in [0.25, 0.3) is 0 Å². The number of amides is 1. The molecular formula is C14H18BrNO4. The number of rotatable bonds is 4. The molecule has 20 heavy (non-hydrogen) atoms. The molecule has 1 atom stereocenters. The van der Waals surface area contributed by atoms with Gasteiger partial charge in [0.05, 0.1) is 0 Å². The predicted molar refractivity (Wildman–Crippen MR) is 78.6 cm³/mol. The Morgan fingerprint density at radius 3 is 2.70 bits per heavy atom. The molecule has 0 fully saturated rings. The second-order valence-corrected chi connectivity index (χ2v) is 5.83. The Balaban J connectivity index is 2.73. The van der Waals surface area contributed by atoms with E-state index in [1.807, 2.05) is 6.07 Å². The van der Waals surface area contributed by atoms with E-state index in [0.717, 1.165) is 10.0 Å². The summed E-state index contributed by atoms with van der Waals surface area (Å²) < 4.78 is 13.0. The van der Waals surface area contributed by atoms with Crippen molar-refractivity contribution in [2.24, 2.45) is 0 Å². The third-order valence-corrected chi connectivity index (χ3v) is 3.11. The third kappa shape index (κ3) is 5.61. The summed E-state index contributed by atoms with van der Waals surface area (Å²) in [5, 5.41) is 11.5. The minimum Gasteiger partial charge on any atom is -0.480 e. The first-order chi connectivity index (χ1) is 9.75. The SMILES string of the molecule is [2H]CC(C)(C)OC(=O)N[C@@H](Cc1ccccc1Br)C(=O)O. The van der Waals surface area contributed by atoms with Crippen molar-refractivity contribution in [3.63, 3.8) is 0 Å². The van der Waals surface area contributed by atoms with E-state index in [-0.39, 0.29) is 13.3 Å². The van der Waals surface area contributed by atoms with Gasteiger partial charge < -0.3 is 15.2 Å². The van der Waals surface area contributed by atoms with Crippen LogP contribution in [0.1, 0.15) is 27.7 Å². The summed E-state index contributed by atoms with van der Waals surface area (Å²) in [6.07, 6.45) is -0.709. The number of ether oxygens (including phenoxy) is 1. The molecule has 0 aliphatic rings. The van der Waals surface area contributed by atoms with Crippen LogP contribution in [0.3, 0.4) is 0 Å². The number of hydrogen-bond donors (Lipinski definition) is 2. The minimum atomic E-state index is -1.15. The average molecular weight is 345 g/mol. The third-order valence-electron chi connectivity index (χ3n) is 2.34. The quantitative estimate of drug-likeness (QED) is 0.880. The molecule has 6 heteroatoms. The normalized spacial score (nSPS) is 13.2. The number of hydrogen-bond acceptors (Lipinski definition) is 3. The molecule has 2 N–H and O–H groups in total. The Morgan fingerprint density at radius 1 is 1.50 bits per heavy atom. The Kier molecular flexibility index (Phi) is 5.00. The summed E-state index contributed by atoms with van der Waals surface area (Å²) in [6, 6.07) is 6.09. The Hall–Kier alpha value is -1.56. The zero-order chi connectivity index (χ0) is 16.0. The van der Waals surface area contributed by atoms with E-state index in [4.69, 9.17) is 6.11 Å². The number of alkyl carbamates (subject to hydrolysis) is 1. The molecule has 1 rings (SSSR count). The number of carboxylic acid groups (broad SMARTS) is 1. The van der Waals surface area contributed by atoms with Gasteiger partial charge in [0.25, 0.3) is 0 Å². The Bertz CT molecular complexity index is 521. The molecule has 1 aromatic rings. The second kappa shape index (κ2) is 6.74. The highest BCUT2D eigenvalue weighted by Gasteiger charge is 2.24. The van der Waals surface area contributed by atoms with Crippen LogP contribution in [0.5, 0.6) is 0 Å². The van der Waals surface area contributed by atoms with Gasteiger partial charge in [-0.1, -0.05) is 34.1 Å². The van der Waals surface area contributed by atoms with Gasteiger partial charge in [-0.25, -0.2) is 9.59 Å². The molecule has 0 unspecified atom stereocenters. The molecule has 0 aliphatic heterocycles. The van der Waals surface area contributed by atoms with Gasteiger partial charge in [0, 0.05) is 12.3 Å². The van der Waals surface area contributed by atoms with Gasteiger partial charge in [-0.05, 0) is 32.4 Å². The highest BCUT2D eigenvalue weighted by atomic mass is 79.9. The standard InChI is InChI=1S/C14H18BrNO4/c1-14(2,3)20-13(19)16-11(12(17)18)8-9-6-4-5-7-10(9)15/h4-7,11H,8H2,1-3H3,(H,16,19)(H,17,18)/t11-/m0/s1/i1D. The van der Waals surface area contributed by atoms with Crippen LogP contribution in [0.4, 0.5) is 4.79 Å². The van der Waals surface area contributed by atoms with Gasteiger partial charge in [-0.2, -0.15) is 0 Å². The van der Waals surface area contributed by atoms with Gasteiger partial charge in [-0.15, -0.1) is 0 Å². The highest BCUT2D eigenvalue weighted by molar-refractivity contribution is 9.10. The fourth-order valence-corrected chi connectivity index (χ4v) is 1.95. The monoisotopic (exact) mass is 344 g/mol. The van der Waals surface area contributed by atoms with Gasteiger partial charge in [0.15, 0.2) is 0 Å². The van der Waals surface area contributed by atoms with Crippen LogP contribution in [0, 0.1) is 0 Å². The summed E-state index contributed by atoms with van der Waals surface area (Å²) in [5.41, 5.74) is -0.189. The van der Waals surface area contributed by atoms with Crippen LogP contribution in [-0.4, -0.2) is 28.8 Å². The summed E-state index contributed by atoms with van der Waals surface area (Å²) in [6.45, 7) is 3.06. The smallest absolute Gasteiger partial charge is 0.408 e. The zero-order valence-corrected chi connectivity index (χ0v) is 12.9. The maximum absolute atomic E-state index is 11.7. The molecular weight excluding hydrogens is 326 g/mol. The molecule has 110 valence electrons. The molecule has 0 bridgehead atoms. The molecule has 5 nitrogen and oxygen atoms in total. The molecule has 0 heterocycles. The van der Waals surface area contributed by atoms with E-state index in [0.29, 0.717) is 0 Å². The number of nitrogens with one attached hydrogen (secondary N) is 1. The Labute approximate surface area is 127 Å². The van der Waals surface area contributed by atoms with Gasteiger partial charge in [-0.3, -0.25) is 0 Å². The molecule has 0 saturated carbocycles. The maximum Gasteiger partial charge on any atom is 0.408 e. The van der Waals surface area contributed by atoms with Crippen LogP contribution in [-0.2, 0) is 16.0 Å². The number of halogens is 1. The second-order valence-electron chi connectivity index (χ2n) is 4.98. The number of aliphatic carboxylic acids is 1. The molecule has 1 amide bonds. The lowest BCUT2D eigenvalue weighted by molar-refractivity contribution is -0.139.